The summed E-state index contributed by atoms with van der Waals surface area (Å²) in [6.45, 7) is 1.24. The zero-order valence-corrected chi connectivity index (χ0v) is 15.3. The van der Waals surface area contributed by atoms with Gasteiger partial charge in [-0.2, -0.15) is 0 Å². The number of fused-ring (bicyclic) bond motifs is 1. The smallest absolute Gasteiger partial charge is 0.223 e. The van der Waals surface area contributed by atoms with Crippen molar-refractivity contribution < 1.29 is 14.3 Å². The fourth-order valence-electron chi connectivity index (χ4n) is 3.20. The van der Waals surface area contributed by atoms with E-state index in [0.29, 0.717) is 25.4 Å². The monoisotopic (exact) mass is 362 g/mol. The minimum absolute atomic E-state index is 0.0172. The molecule has 2 heterocycles. The van der Waals surface area contributed by atoms with E-state index in [2.05, 4.69) is 4.98 Å². The molecule has 0 aliphatic carbocycles. The van der Waals surface area contributed by atoms with Gasteiger partial charge in [0.1, 0.15) is 11.9 Å². The van der Waals surface area contributed by atoms with Gasteiger partial charge in [0.2, 0.25) is 11.8 Å². The molecule has 0 N–H and O–H groups in total. The topological polar surface area (TPSA) is 51.7 Å². The van der Waals surface area contributed by atoms with Crippen molar-refractivity contribution in [3.05, 3.63) is 66.2 Å². The lowest BCUT2D eigenvalue weighted by atomic mass is 10.1. The molecule has 1 aromatic heterocycles. The summed E-state index contributed by atoms with van der Waals surface area (Å²) in [6.07, 6.45) is 1.26. The third-order valence-electron chi connectivity index (χ3n) is 4.85. The Balaban J connectivity index is 1.25. The highest BCUT2D eigenvalue weighted by Gasteiger charge is 2.32. The quantitative estimate of drug-likeness (QED) is 0.674. The Morgan fingerprint density at radius 1 is 1.07 bits per heavy atom. The lowest BCUT2D eigenvalue weighted by molar-refractivity contribution is -0.140. The molecule has 138 valence electrons. The summed E-state index contributed by atoms with van der Waals surface area (Å²) in [7, 11) is 1.65. The Morgan fingerprint density at radius 3 is 2.63 bits per heavy atom. The Hall–Kier alpha value is -3.08. The molecule has 0 spiro atoms. The number of rotatable bonds is 6. The fraction of sp³-hybridized carbons (Fsp3) is 0.273. The maximum absolute atomic E-state index is 12.3. The summed E-state index contributed by atoms with van der Waals surface area (Å²) in [4.78, 5) is 18.7. The van der Waals surface area contributed by atoms with Crippen LogP contribution in [0.1, 0.15) is 12.0 Å². The minimum atomic E-state index is 0.0172. The average molecular weight is 362 g/mol. The second-order valence-electron chi connectivity index (χ2n) is 6.73. The average Bonchev–Trinajstić information content (AvgIpc) is 2.69. The molecular weight excluding hydrogens is 340 g/mol. The largest absolute Gasteiger partial charge is 0.497 e. The second kappa shape index (κ2) is 7.66. The molecule has 0 saturated carbocycles. The number of aryl methyl sites for hydroxylation is 1. The lowest BCUT2D eigenvalue weighted by Crippen LogP contribution is -2.56. The van der Waals surface area contributed by atoms with E-state index in [-0.39, 0.29) is 12.0 Å². The predicted molar refractivity (Wildman–Crippen MR) is 104 cm³/mol. The van der Waals surface area contributed by atoms with Crippen molar-refractivity contribution >= 4 is 16.8 Å². The van der Waals surface area contributed by atoms with Crippen LogP contribution in [0.3, 0.4) is 0 Å². The Bertz CT molecular complexity index is 934. The van der Waals surface area contributed by atoms with E-state index in [9.17, 15) is 4.79 Å². The summed E-state index contributed by atoms with van der Waals surface area (Å²) >= 11 is 0. The van der Waals surface area contributed by atoms with Gasteiger partial charge in [-0.05, 0) is 36.2 Å². The van der Waals surface area contributed by atoms with Crippen LogP contribution in [0.25, 0.3) is 10.9 Å². The van der Waals surface area contributed by atoms with Crippen LogP contribution in [0.4, 0.5) is 0 Å². The number of pyridine rings is 1. The van der Waals surface area contributed by atoms with E-state index in [1.54, 1.807) is 7.11 Å². The van der Waals surface area contributed by atoms with Gasteiger partial charge in [0.05, 0.1) is 25.7 Å². The molecule has 1 aliphatic rings. The van der Waals surface area contributed by atoms with Gasteiger partial charge >= 0.3 is 0 Å². The minimum Gasteiger partial charge on any atom is -0.497 e. The number of carbonyl (C=O) groups excluding carboxylic acids is 1. The van der Waals surface area contributed by atoms with E-state index in [0.717, 1.165) is 28.6 Å². The molecule has 1 amide bonds. The Labute approximate surface area is 158 Å². The number of methoxy groups -OCH3 is 1. The SMILES string of the molecule is COc1ccc(CCC(=O)N2CC(Oc3ccc4ccccc4n3)C2)cc1. The highest BCUT2D eigenvalue weighted by molar-refractivity contribution is 5.79. The third-order valence-corrected chi connectivity index (χ3v) is 4.85. The zero-order valence-electron chi connectivity index (χ0n) is 15.3. The van der Waals surface area contributed by atoms with Crippen LogP contribution in [0.2, 0.25) is 0 Å². The van der Waals surface area contributed by atoms with Crippen LogP contribution in [0, 0.1) is 0 Å². The van der Waals surface area contributed by atoms with Gasteiger partial charge in [0.15, 0.2) is 0 Å². The molecule has 27 heavy (non-hydrogen) atoms. The molecule has 4 rings (SSSR count). The summed E-state index contributed by atoms with van der Waals surface area (Å²) in [6, 6.07) is 19.7. The number of hydrogen-bond donors (Lipinski definition) is 0. The molecule has 1 saturated heterocycles. The lowest BCUT2D eigenvalue weighted by Gasteiger charge is -2.38. The van der Waals surface area contributed by atoms with Crippen molar-refractivity contribution in [2.75, 3.05) is 20.2 Å². The fourth-order valence-corrected chi connectivity index (χ4v) is 3.20. The molecule has 5 nitrogen and oxygen atoms in total. The van der Waals surface area contributed by atoms with Gasteiger partial charge in [-0.3, -0.25) is 4.79 Å². The molecule has 5 heteroatoms. The number of likely N-dealkylation sites (tertiary alicyclic amines) is 1. The maximum atomic E-state index is 12.3. The summed E-state index contributed by atoms with van der Waals surface area (Å²) in [5, 5.41) is 1.09. The number of benzene rings is 2. The molecule has 0 unspecified atom stereocenters. The number of para-hydroxylation sites is 1. The van der Waals surface area contributed by atoms with Gasteiger partial charge in [0, 0.05) is 17.9 Å². The van der Waals surface area contributed by atoms with Gasteiger partial charge in [-0.1, -0.05) is 30.3 Å². The molecule has 2 aromatic carbocycles. The first-order chi connectivity index (χ1) is 13.2. The Morgan fingerprint density at radius 2 is 1.85 bits per heavy atom. The standard InChI is InChI=1S/C22H22N2O3/c1-26-18-10-6-16(7-11-18)8-13-22(25)24-14-19(15-24)27-21-12-9-17-4-2-3-5-20(17)23-21/h2-7,9-12,19H,8,13-15H2,1H3. The number of hydrogen-bond acceptors (Lipinski definition) is 4. The van der Waals surface area contributed by atoms with E-state index < -0.39 is 0 Å². The third kappa shape index (κ3) is 4.03. The first-order valence-electron chi connectivity index (χ1n) is 9.14. The van der Waals surface area contributed by atoms with Gasteiger partial charge in [0.25, 0.3) is 0 Å². The van der Waals surface area contributed by atoms with Crippen molar-refractivity contribution in [1.29, 1.82) is 0 Å². The first-order valence-corrected chi connectivity index (χ1v) is 9.14. The number of aromatic nitrogens is 1. The van der Waals surface area contributed by atoms with Gasteiger partial charge in [-0.15, -0.1) is 0 Å². The summed E-state index contributed by atoms with van der Waals surface area (Å²) < 4.78 is 11.1. The van der Waals surface area contributed by atoms with Crippen LogP contribution in [0.15, 0.2) is 60.7 Å². The van der Waals surface area contributed by atoms with Gasteiger partial charge in [-0.25, -0.2) is 4.98 Å². The Kier molecular flexibility index (Phi) is 4.92. The van der Waals surface area contributed by atoms with E-state index >= 15 is 0 Å². The molecule has 0 radical (unpaired) electrons. The van der Waals surface area contributed by atoms with Crippen LogP contribution in [-0.4, -0.2) is 42.1 Å². The number of ether oxygens (including phenoxy) is 2. The van der Waals surface area contributed by atoms with Crippen LogP contribution in [-0.2, 0) is 11.2 Å². The van der Waals surface area contributed by atoms with E-state index in [1.807, 2.05) is 65.6 Å². The van der Waals surface area contributed by atoms with Gasteiger partial charge < -0.3 is 14.4 Å². The van der Waals surface area contributed by atoms with E-state index in [1.165, 1.54) is 0 Å². The van der Waals surface area contributed by atoms with Crippen LogP contribution < -0.4 is 9.47 Å². The maximum Gasteiger partial charge on any atom is 0.223 e. The van der Waals surface area contributed by atoms with Crippen molar-refractivity contribution in [2.24, 2.45) is 0 Å². The highest BCUT2D eigenvalue weighted by atomic mass is 16.5. The van der Waals surface area contributed by atoms with Crippen molar-refractivity contribution in [2.45, 2.75) is 18.9 Å². The van der Waals surface area contributed by atoms with Crippen molar-refractivity contribution in [3.8, 4) is 11.6 Å². The molecule has 3 aromatic rings. The van der Waals surface area contributed by atoms with E-state index in [4.69, 9.17) is 9.47 Å². The van der Waals surface area contributed by atoms with Crippen molar-refractivity contribution in [3.63, 3.8) is 0 Å². The summed E-state index contributed by atoms with van der Waals surface area (Å²) in [5.74, 6) is 1.61. The van der Waals surface area contributed by atoms with Crippen molar-refractivity contribution in [1.82, 2.24) is 9.88 Å². The number of carbonyl (C=O) groups is 1. The zero-order chi connectivity index (χ0) is 18.6. The molecule has 0 bridgehead atoms. The van der Waals surface area contributed by atoms with Crippen LogP contribution in [0.5, 0.6) is 11.6 Å². The molecule has 0 atom stereocenters. The second-order valence-corrected chi connectivity index (χ2v) is 6.73. The summed E-state index contributed by atoms with van der Waals surface area (Å²) in [5.41, 5.74) is 2.06. The predicted octanol–water partition coefficient (Wildman–Crippen LogP) is 3.47. The molecular formula is C22H22N2O3. The molecule has 1 fully saturated rings. The normalized spacial score (nSPS) is 14.0. The first kappa shape index (κ1) is 17.3. The van der Waals surface area contributed by atoms with Crippen LogP contribution >= 0.6 is 0 Å². The highest BCUT2D eigenvalue weighted by Crippen LogP contribution is 2.21. The number of amides is 1. The number of nitrogens with zero attached hydrogens (tertiary/aromatic N) is 2. The molecule has 1 aliphatic heterocycles.